The summed E-state index contributed by atoms with van der Waals surface area (Å²) < 4.78 is 9.03. The molecular weight excluding hydrogens is 421 g/mol. The van der Waals surface area contributed by atoms with E-state index in [0.717, 1.165) is 11.1 Å². The maximum atomic E-state index is 12.5. The van der Waals surface area contributed by atoms with E-state index in [2.05, 4.69) is 5.32 Å². The van der Waals surface area contributed by atoms with E-state index in [-0.39, 0.29) is 18.7 Å². The van der Waals surface area contributed by atoms with Crippen LogP contribution in [0.4, 0.5) is 0 Å². The van der Waals surface area contributed by atoms with Crippen molar-refractivity contribution >= 4 is 28.5 Å². The minimum atomic E-state index is -1.11. The molecule has 1 amide bonds. The molecule has 0 fully saturated rings. The topological polar surface area (TPSA) is 67.8 Å². The van der Waals surface area contributed by atoms with Crippen molar-refractivity contribution in [1.29, 1.82) is 0 Å². The molecule has 5 nitrogen and oxygen atoms in total. The molecule has 6 heteroatoms. The molecule has 2 unspecified atom stereocenters. The first-order valence-corrected chi connectivity index (χ1v) is 8.62. The number of halogens is 1. The van der Waals surface area contributed by atoms with E-state index in [0.29, 0.717) is 17.7 Å². The molecule has 0 radical (unpaired) electrons. The largest absolute Gasteiger partial charge is 0.468 e. The average molecular weight is 439 g/mol. The summed E-state index contributed by atoms with van der Waals surface area (Å²) in [5.74, 6) is 0.410. The molecule has 0 saturated carbocycles. The van der Waals surface area contributed by atoms with Crippen LogP contribution >= 0.6 is 22.6 Å². The Labute approximate surface area is 154 Å². The number of ether oxygens (including phenoxy) is 2. The molecule has 2 aromatic carbocycles. The summed E-state index contributed by atoms with van der Waals surface area (Å²) in [6, 6.07) is 14.2. The van der Waals surface area contributed by atoms with Crippen LogP contribution in [0.2, 0.25) is 0 Å². The number of carbonyl (C=O) groups is 1. The van der Waals surface area contributed by atoms with Gasteiger partial charge < -0.3 is 19.9 Å². The summed E-state index contributed by atoms with van der Waals surface area (Å²) in [4.78, 5) is 12.5. The minimum Gasteiger partial charge on any atom is -0.468 e. The number of hydrogen-bond acceptors (Lipinski definition) is 4. The Bertz CT molecular complexity index is 730. The van der Waals surface area contributed by atoms with Gasteiger partial charge in [0.15, 0.2) is 10.4 Å². The molecule has 0 bridgehead atoms. The zero-order valence-corrected chi connectivity index (χ0v) is 15.3. The Morgan fingerprint density at radius 2 is 2.00 bits per heavy atom. The molecule has 0 saturated heterocycles. The van der Waals surface area contributed by atoms with Crippen molar-refractivity contribution in [2.75, 3.05) is 13.9 Å². The normalized spacial score (nSPS) is 22.0. The van der Waals surface area contributed by atoms with Gasteiger partial charge >= 0.3 is 0 Å². The Balaban J connectivity index is 1.69. The smallest absolute Gasteiger partial charge is 0.251 e. The SMILES string of the molecule is COCOc1ccc(C(=O)NC2Cc3ccccc3C2(O)I)cc1. The highest BCUT2D eigenvalue weighted by atomic mass is 127. The number of methoxy groups -OCH3 is 1. The van der Waals surface area contributed by atoms with Crippen molar-refractivity contribution < 1.29 is 19.4 Å². The van der Waals surface area contributed by atoms with E-state index in [1.807, 2.05) is 46.9 Å². The Hall–Kier alpha value is -1.64. The number of alkyl halides is 1. The molecular formula is C18H18INO4. The average Bonchev–Trinajstić information content (AvgIpc) is 2.84. The fraction of sp³-hybridized carbons (Fsp3) is 0.278. The van der Waals surface area contributed by atoms with Crippen LogP contribution < -0.4 is 10.1 Å². The van der Waals surface area contributed by atoms with E-state index in [9.17, 15) is 9.90 Å². The molecule has 1 aliphatic carbocycles. The third-order valence-electron chi connectivity index (χ3n) is 4.05. The van der Waals surface area contributed by atoms with Gasteiger partial charge in [-0.15, -0.1) is 0 Å². The van der Waals surface area contributed by atoms with Crippen LogP contribution in [0.5, 0.6) is 5.75 Å². The van der Waals surface area contributed by atoms with Crippen LogP contribution in [0, 0.1) is 0 Å². The lowest BCUT2D eigenvalue weighted by Gasteiger charge is -2.25. The molecule has 1 aliphatic rings. The minimum absolute atomic E-state index is 0.160. The lowest BCUT2D eigenvalue weighted by molar-refractivity contribution is 0.0511. The van der Waals surface area contributed by atoms with Crippen molar-refractivity contribution in [2.24, 2.45) is 0 Å². The maximum absolute atomic E-state index is 12.5. The van der Waals surface area contributed by atoms with Gasteiger partial charge in [0.05, 0.1) is 6.04 Å². The van der Waals surface area contributed by atoms with Gasteiger partial charge in [0.1, 0.15) is 5.75 Å². The summed E-state index contributed by atoms with van der Waals surface area (Å²) in [5, 5.41) is 13.7. The zero-order valence-electron chi connectivity index (χ0n) is 13.2. The molecule has 2 N–H and O–H groups in total. The monoisotopic (exact) mass is 439 g/mol. The van der Waals surface area contributed by atoms with Crippen LogP contribution in [0.1, 0.15) is 21.5 Å². The maximum Gasteiger partial charge on any atom is 0.251 e. The van der Waals surface area contributed by atoms with Crippen molar-refractivity contribution in [3.63, 3.8) is 0 Å². The highest BCUT2D eigenvalue weighted by molar-refractivity contribution is 14.1. The number of amides is 1. The highest BCUT2D eigenvalue weighted by Crippen LogP contribution is 2.42. The summed E-state index contributed by atoms with van der Waals surface area (Å²) in [6.45, 7) is 0.160. The summed E-state index contributed by atoms with van der Waals surface area (Å²) in [5.41, 5.74) is 2.44. The quantitative estimate of drug-likeness (QED) is 0.427. The molecule has 2 atom stereocenters. The first-order chi connectivity index (χ1) is 11.5. The van der Waals surface area contributed by atoms with Gasteiger partial charge in [0.25, 0.3) is 5.91 Å². The summed E-state index contributed by atoms with van der Waals surface area (Å²) in [7, 11) is 1.55. The lowest BCUT2D eigenvalue weighted by atomic mass is 10.1. The van der Waals surface area contributed by atoms with Crippen molar-refractivity contribution in [1.82, 2.24) is 5.32 Å². The van der Waals surface area contributed by atoms with E-state index in [1.165, 1.54) is 0 Å². The second kappa shape index (κ2) is 7.08. The highest BCUT2D eigenvalue weighted by Gasteiger charge is 2.44. The molecule has 0 spiro atoms. The van der Waals surface area contributed by atoms with Crippen LogP contribution in [0.3, 0.4) is 0 Å². The third-order valence-corrected chi connectivity index (χ3v) is 5.38. The van der Waals surface area contributed by atoms with Gasteiger partial charge in [0.2, 0.25) is 0 Å². The molecule has 126 valence electrons. The standard InChI is InChI=1S/C18H18INO4/c1-23-11-24-14-8-6-12(7-9-14)17(21)20-16-10-13-4-2-3-5-15(13)18(16,19)22/h2-9,16,22H,10-11H2,1H3,(H,20,21). The van der Waals surface area contributed by atoms with Gasteiger partial charge in [0, 0.05) is 12.7 Å². The second-order valence-electron chi connectivity index (χ2n) is 5.64. The number of aliphatic hydroxyl groups is 1. The van der Waals surface area contributed by atoms with E-state index in [4.69, 9.17) is 9.47 Å². The van der Waals surface area contributed by atoms with Gasteiger partial charge in [-0.1, -0.05) is 24.3 Å². The predicted molar refractivity (Wildman–Crippen MR) is 98.3 cm³/mol. The number of rotatable bonds is 5. The van der Waals surface area contributed by atoms with E-state index < -0.39 is 3.61 Å². The number of fused-ring (bicyclic) bond motifs is 1. The van der Waals surface area contributed by atoms with E-state index in [1.54, 1.807) is 31.4 Å². The molecule has 24 heavy (non-hydrogen) atoms. The molecule has 3 rings (SSSR count). The molecule has 0 aromatic heterocycles. The van der Waals surface area contributed by atoms with Crippen molar-refractivity contribution in [3.05, 3.63) is 65.2 Å². The molecule has 0 heterocycles. The van der Waals surface area contributed by atoms with Gasteiger partial charge in [-0.25, -0.2) is 0 Å². The lowest BCUT2D eigenvalue weighted by Crippen LogP contribution is -2.44. The van der Waals surface area contributed by atoms with Crippen LogP contribution in [-0.4, -0.2) is 31.0 Å². The summed E-state index contributed by atoms with van der Waals surface area (Å²) >= 11 is 2.00. The van der Waals surface area contributed by atoms with Crippen molar-refractivity contribution in [2.45, 2.75) is 16.1 Å². The number of nitrogens with one attached hydrogen (secondary N) is 1. The first-order valence-electron chi connectivity index (χ1n) is 7.54. The molecule has 0 aliphatic heterocycles. The Kier molecular flexibility index (Phi) is 5.07. The van der Waals surface area contributed by atoms with E-state index >= 15 is 0 Å². The Morgan fingerprint density at radius 1 is 1.29 bits per heavy atom. The van der Waals surface area contributed by atoms with Gasteiger partial charge in [-0.2, -0.15) is 0 Å². The van der Waals surface area contributed by atoms with Crippen LogP contribution in [0.25, 0.3) is 0 Å². The first kappa shape index (κ1) is 17.2. The zero-order chi connectivity index (χ0) is 17.2. The fourth-order valence-corrected chi connectivity index (χ4v) is 3.70. The third kappa shape index (κ3) is 3.40. The predicted octanol–water partition coefficient (Wildman–Crippen LogP) is 2.60. The second-order valence-corrected chi connectivity index (χ2v) is 7.28. The van der Waals surface area contributed by atoms with Gasteiger partial charge in [-0.3, -0.25) is 4.79 Å². The summed E-state index contributed by atoms with van der Waals surface area (Å²) in [6.07, 6.45) is 0.608. The van der Waals surface area contributed by atoms with Gasteiger partial charge in [-0.05, 0) is 64.4 Å². The van der Waals surface area contributed by atoms with Crippen LogP contribution in [0.15, 0.2) is 48.5 Å². The molecule has 2 aromatic rings. The van der Waals surface area contributed by atoms with Crippen molar-refractivity contribution in [3.8, 4) is 5.75 Å². The van der Waals surface area contributed by atoms with Crippen LogP contribution in [-0.2, 0) is 14.8 Å². The Morgan fingerprint density at radius 3 is 2.67 bits per heavy atom. The number of hydrogen-bond donors (Lipinski definition) is 2. The number of carbonyl (C=O) groups excluding carboxylic acids is 1. The number of benzene rings is 2. The fourth-order valence-electron chi connectivity index (χ4n) is 2.80.